The molecular formula is C29H31N3O3. The minimum absolute atomic E-state index is 0.103. The molecule has 35 heavy (non-hydrogen) atoms. The number of fused-ring (bicyclic) bond motifs is 2. The van der Waals surface area contributed by atoms with Gasteiger partial charge in [0.2, 0.25) is 5.91 Å². The number of hydrogen-bond donors (Lipinski definition) is 3. The van der Waals surface area contributed by atoms with Crippen LogP contribution in [0.15, 0.2) is 53.3 Å². The fourth-order valence-corrected chi connectivity index (χ4v) is 5.67. The van der Waals surface area contributed by atoms with Crippen molar-refractivity contribution in [1.82, 2.24) is 15.6 Å². The molecule has 0 unspecified atom stereocenters. The first-order chi connectivity index (χ1) is 16.8. The van der Waals surface area contributed by atoms with Gasteiger partial charge in [0.25, 0.3) is 11.5 Å². The molecule has 0 radical (unpaired) electrons. The molecule has 2 heterocycles. The van der Waals surface area contributed by atoms with Crippen LogP contribution in [0.1, 0.15) is 70.4 Å². The Hall–Kier alpha value is -3.67. The largest absolute Gasteiger partial charge is 0.348 e. The van der Waals surface area contributed by atoms with E-state index in [0.717, 1.165) is 53.6 Å². The second-order valence-corrected chi connectivity index (χ2v) is 9.94. The molecule has 6 heteroatoms. The van der Waals surface area contributed by atoms with E-state index >= 15 is 0 Å². The molecule has 1 aliphatic heterocycles. The summed E-state index contributed by atoms with van der Waals surface area (Å²) in [6.45, 7) is 3.89. The number of amides is 2. The number of H-pyrrole nitrogens is 1. The summed E-state index contributed by atoms with van der Waals surface area (Å²) in [5.41, 5.74) is 6.79. The smallest absolute Gasteiger partial charge is 0.253 e. The van der Waals surface area contributed by atoms with Crippen LogP contribution in [0.5, 0.6) is 0 Å². The molecule has 3 N–H and O–H groups in total. The van der Waals surface area contributed by atoms with E-state index in [1.165, 1.54) is 12.0 Å². The van der Waals surface area contributed by atoms with Crippen molar-refractivity contribution in [2.75, 3.05) is 0 Å². The van der Waals surface area contributed by atoms with Gasteiger partial charge in [0, 0.05) is 23.4 Å². The monoisotopic (exact) mass is 469 g/mol. The van der Waals surface area contributed by atoms with Crippen molar-refractivity contribution in [2.45, 2.75) is 64.5 Å². The Morgan fingerprint density at radius 2 is 1.66 bits per heavy atom. The van der Waals surface area contributed by atoms with Crippen LogP contribution < -0.4 is 16.2 Å². The van der Waals surface area contributed by atoms with Gasteiger partial charge in [0.15, 0.2) is 0 Å². The van der Waals surface area contributed by atoms with Crippen LogP contribution in [0.2, 0.25) is 0 Å². The van der Waals surface area contributed by atoms with E-state index < -0.39 is 0 Å². The van der Waals surface area contributed by atoms with Gasteiger partial charge in [-0.25, -0.2) is 0 Å². The number of hydrogen-bond acceptors (Lipinski definition) is 3. The van der Waals surface area contributed by atoms with E-state index in [1.54, 1.807) is 12.1 Å². The summed E-state index contributed by atoms with van der Waals surface area (Å²) < 4.78 is 0. The van der Waals surface area contributed by atoms with Gasteiger partial charge in [-0.1, -0.05) is 49.6 Å². The quantitative estimate of drug-likeness (QED) is 0.528. The number of aromatic nitrogens is 1. The molecule has 3 aromatic rings. The molecule has 1 aromatic heterocycles. The van der Waals surface area contributed by atoms with Gasteiger partial charge in [-0.3, -0.25) is 14.4 Å². The van der Waals surface area contributed by atoms with Gasteiger partial charge in [0.05, 0.1) is 12.0 Å². The van der Waals surface area contributed by atoms with Crippen LogP contribution in [-0.2, 0) is 23.3 Å². The zero-order valence-corrected chi connectivity index (χ0v) is 20.3. The third-order valence-corrected chi connectivity index (χ3v) is 7.46. The Bertz CT molecular complexity index is 1350. The Kier molecular flexibility index (Phi) is 6.05. The van der Waals surface area contributed by atoms with Gasteiger partial charge in [-0.2, -0.15) is 0 Å². The molecule has 2 aromatic carbocycles. The zero-order chi connectivity index (χ0) is 24.6. The van der Waals surface area contributed by atoms with Crippen LogP contribution >= 0.6 is 0 Å². The highest BCUT2D eigenvalue weighted by Gasteiger charge is 2.40. The summed E-state index contributed by atoms with van der Waals surface area (Å²) in [5.74, 6) is -0.122. The van der Waals surface area contributed by atoms with E-state index in [9.17, 15) is 14.4 Å². The molecule has 0 bridgehead atoms. The lowest BCUT2D eigenvalue weighted by molar-refractivity contribution is -0.123. The fraction of sp³-hybridized carbons (Fsp3) is 0.345. The number of carbonyl (C=O) groups is 2. The van der Waals surface area contributed by atoms with Crippen molar-refractivity contribution in [3.8, 4) is 11.1 Å². The Morgan fingerprint density at radius 3 is 2.37 bits per heavy atom. The molecule has 0 atom stereocenters. The topological polar surface area (TPSA) is 91.1 Å². The zero-order valence-electron chi connectivity index (χ0n) is 20.3. The van der Waals surface area contributed by atoms with E-state index in [0.29, 0.717) is 17.5 Å². The van der Waals surface area contributed by atoms with Crippen molar-refractivity contribution in [1.29, 1.82) is 0 Å². The minimum Gasteiger partial charge on any atom is -0.348 e. The molecule has 1 spiro atoms. The van der Waals surface area contributed by atoms with Crippen molar-refractivity contribution in [3.63, 3.8) is 0 Å². The van der Waals surface area contributed by atoms with Gasteiger partial charge in [-0.05, 0) is 72.7 Å². The van der Waals surface area contributed by atoms with Gasteiger partial charge in [0.1, 0.15) is 0 Å². The summed E-state index contributed by atoms with van der Waals surface area (Å²) in [7, 11) is 0. The third kappa shape index (κ3) is 4.53. The van der Waals surface area contributed by atoms with Crippen LogP contribution in [0.3, 0.4) is 0 Å². The summed E-state index contributed by atoms with van der Waals surface area (Å²) in [5, 5.41) is 6.15. The van der Waals surface area contributed by atoms with Crippen molar-refractivity contribution < 1.29 is 9.59 Å². The summed E-state index contributed by atoms with van der Waals surface area (Å²) >= 11 is 0. The van der Waals surface area contributed by atoms with Crippen LogP contribution in [-0.4, -0.2) is 16.8 Å². The predicted molar refractivity (Wildman–Crippen MR) is 136 cm³/mol. The summed E-state index contributed by atoms with van der Waals surface area (Å²) in [6.07, 6.45) is 5.92. The number of aromatic amines is 1. The van der Waals surface area contributed by atoms with E-state index in [4.69, 9.17) is 0 Å². The van der Waals surface area contributed by atoms with Crippen molar-refractivity contribution in [3.05, 3.63) is 92.4 Å². The fourth-order valence-electron chi connectivity index (χ4n) is 5.67. The molecule has 1 aliphatic carbocycles. The average molecular weight is 470 g/mol. The predicted octanol–water partition coefficient (Wildman–Crippen LogP) is 4.42. The van der Waals surface area contributed by atoms with Crippen molar-refractivity contribution >= 4 is 11.8 Å². The number of rotatable bonds is 4. The minimum atomic E-state index is -0.225. The van der Waals surface area contributed by atoms with E-state index in [2.05, 4.69) is 33.8 Å². The van der Waals surface area contributed by atoms with Gasteiger partial charge >= 0.3 is 0 Å². The Morgan fingerprint density at radius 1 is 0.943 bits per heavy atom. The highest BCUT2D eigenvalue weighted by molar-refractivity contribution is 5.94. The molecule has 2 amide bonds. The Labute approximate surface area is 205 Å². The second kappa shape index (κ2) is 9.17. The number of carbonyl (C=O) groups excluding carboxylic acids is 2. The Balaban J connectivity index is 1.33. The summed E-state index contributed by atoms with van der Waals surface area (Å²) in [4.78, 5) is 40.2. The standard InChI is InChI=1S/C29H31N3O3/c1-18-14-19(2)31-28(35)24(18)17-30-27(34)21-8-6-20(7-9-21)22-10-11-25-23(15-22)16-26(33)32-29(25)12-4-3-5-13-29/h6-11,14-15H,3-5,12-13,16-17H2,1-2H3,(H,30,34)(H,31,35)(H,32,33). The maximum atomic E-state index is 12.7. The molecular weight excluding hydrogens is 438 g/mol. The van der Waals surface area contributed by atoms with Crippen LogP contribution in [0.25, 0.3) is 11.1 Å². The molecule has 180 valence electrons. The van der Waals surface area contributed by atoms with Gasteiger partial charge in [-0.15, -0.1) is 0 Å². The number of pyridine rings is 1. The molecule has 1 saturated carbocycles. The van der Waals surface area contributed by atoms with Crippen LogP contribution in [0, 0.1) is 13.8 Å². The third-order valence-electron chi connectivity index (χ3n) is 7.46. The average Bonchev–Trinajstić information content (AvgIpc) is 2.83. The molecule has 6 nitrogen and oxygen atoms in total. The molecule has 1 fully saturated rings. The first-order valence-electron chi connectivity index (χ1n) is 12.4. The SMILES string of the molecule is Cc1cc(C)c(CNC(=O)c2ccc(-c3ccc4c(c3)CC(=O)NC43CCCCC3)cc2)c(=O)[nH]1. The maximum Gasteiger partial charge on any atom is 0.253 e. The molecule has 0 saturated heterocycles. The highest BCUT2D eigenvalue weighted by atomic mass is 16.2. The first-order valence-corrected chi connectivity index (χ1v) is 12.4. The number of nitrogens with one attached hydrogen (secondary N) is 3. The molecule has 5 rings (SSSR count). The lowest BCUT2D eigenvalue weighted by Gasteiger charge is -2.42. The lowest BCUT2D eigenvalue weighted by atomic mass is 9.72. The number of benzene rings is 2. The van der Waals surface area contributed by atoms with E-state index in [-0.39, 0.29) is 29.5 Å². The van der Waals surface area contributed by atoms with Crippen molar-refractivity contribution in [2.24, 2.45) is 0 Å². The second-order valence-electron chi connectivity index (χ2n) is 9.94. The maximum absolute atomic E-state index is 12.7. The van der Waals surface area contributed by atoms with Crippen LogP contribution in [0.4, 0.5) is 0 Å². The van der Waals surface area contributed by atoms with Gasteiger partial charge < -0.3 is 15.6 Å². The number of aryl methyl sites for hydroxylation is 2. The first kappa shape index (κ1) is 23.1. The lowest BCUT2D eigenvalue weighted by Crippen LogP contribution is -2.51. The highest BCUT2D eigenvalue weighted by Crippen LogP contribution is 2.42. The normalized spacial score (nSPS) is 16.5. The summed E-state index contributed by atoms with van der Waals surface area (Å²) in [6, 6.07) is 15.8. The van der Waals surface area contributed by atoms with E-state index in [1.807, 2.05) is 32.0 Å². The molecule has 2 aliphatic rings.